The molecule has 4 aliphatic heterocycles. The third-order valence-electron chi connectivity index (χ3n) is 16.1. The Kier molecular flexibility index (Phi) is 21.0. The van der Waals surface area contributed by atoms with Crippen molar-refractivity contribution in [2.45, 2.75) is 159 Å². The van der Waals surface area contributed by atoms with E-state index in [-0.39, 0.29) is 66.2 Å². The predicted octanol–water partition coefficient (Wildman–Crippen LogP) is 8.46. The lowest BCUT2D eigenvalue weighted by atomic mass is 9.93. The number of aliphatic carboxylic acids is 1. The number of nitriles is 1. The first-order valence-corrected chi connectivity index (χ1v) is 28.8. The summed E-state index contributed by atoms with van der Waals surface area (Å²) in [5, 5.41) is 30.0. The van der Waals surface area contributed by atoms with Crippen LogP contribution in [0.3, 0.4) is 0 Å². The average Bonchev–Trinajstić information content (AvgIpc) is 3.99. The molecular weight excluding hydrogens is 1040 g/mol. The van der Waals surface area contributed by atoms with Crippen LogP contribution in [0, 0.1) is 23.1 Å². The molecule has 2 N–H and O–H groups in total. The molecule has 0 bridgehead atoms. The molecule has 4 fully saturated rings. The molecule has 1 atom stereocenters. The first kappa shape index (κ1) is 58.4. The lowest BCUT2D eigenvalue weighted by Gasteiger charge is -2.39. The normalized spacial score (nSPS) is 20.1. The highest BCUT2D eigenvalue weighted by Crippen LogP contribution is 2.35. The molecule has 1 aromatic heterocycles. The van der Waals surface area contributed by atoms with Gasteiger partial charge in [-0.2, -0.15) is 5.26 Å². The van der Waals surface area contributed by atoms with E-state index in [2.05, 4.69) is 25.3 Å². The molecule has 0 spiro atoms. The third-order valence-corrected chi connectivity index (χ3v) is 16.4. The third kappa shape index (κ3) is 15.8. The smallest absolute Gasteiger partial charge is 0.307 e. The van der Waals surface area contributed by atoms with Crippen LogP contribution in [0.4, 0.5) is 15.9 Å². The molecule has 5 aliphatic rings. The largest absolute Gasteiger partial charge is 0.490 e. The highest BCUT2D eigenvalue weighted by molar-refractivity contribution is 6.31. The highest BCUT2D eigenvalue weighted by atomic mass is 35.5. The molecule has 3 saturated heterocycles. The Morgan fingerprint density at radius 2 is 1.37 bits per heavy atom. The number of fused-ring (bicyclic) bond motifs is 1. The Balaban J connectivity index is 0.712. The van der Waals surface area contributed by atoms with Gasteiger partial charge in [0, 0.05) is 77.2 Å². The number of halogens is 2. The number of nitrogens with zero attached hydrogens (tertiary/aromatic N) is 8. The Hall–Kier alpha value is -6.72. The molecule has 2 aromatic carbocycles. The van der Waals surface area contributed by atoms with Gasteiger partial charge in [0.1, 0.15) is 23.7 Å². The summed E-state index contributed by atoms with van der Waals surface area (Å²) >= 11 is 6.16. The summed E-state index contributed by atoms with van der Waals surface area (Å²) in [6, 6.07) is 11.8. The van der Waals surface area contributed by atoms with Gasteiger partial charge in [-0.1, -0.05) is 75.8 Å². The number of rotatable bonds is 26. The number of unbranched alkanes of at least 4 members (excludes halogenated alkanes) is 11. The number of hydrogen-bond acceptors (Lipinski definition) is 15. The van der Waals surface area contributed by atoms with Crippen LogP contribution in [0.1, 0.15) is 178 Å². The zero-order chi connectivity index (χ0) is 55.8. The molecule has 424 valence electrons. The van der Waals surface area contributed by atoms with E-state index in [0.29, 0.717) is 54.9 Å². The Morgan fingerprint density at radius 1 is 0.734 bits per heavy atom. The van der Waals surface area contributed by atoms with Crippen molar-refractivity contribution in [1.29, 1.82) is 5.26 Å². The van der Waals surface area contributed by atoms with E-state index >= 15 is 4.39 Å². The van der Waals surface area contributed by atoms with Crippen LogP contribution in [0.5, 0.6) is 5.75 Å². The maximum absolute atomic E-state index is 15.9. The molecule has 1 unspecified atom stereocenters. The van der Waals surface area contributed by atoms with Crippen LogP contribution in [0.15, 0.2) is 42.5 Å². The van der Waals surface area contributed by atoms with Gasteiger partial charge >= 0.3 is 11.9 Å². The number of carboxylic acid groups (broad SMARTS) is 1. The number of carbonyl (C=O) groups is 7. The maximum Gasteiger partial charge on any atom is 0.307 e. The van der Waals surface area contributed by atoms with Crippen LogP contribution < -0.4 is 19.9 Å². The predicted molar refractivity (Wildman–Crippen MR) is 291 cm³/mol. The van der Waals surface area contributed by atoms with Gasteiger partial charge in [0.25, 0.3) is 23.6 Å². The summed E-state index contributed by atoms with van der Waals surface area (Å²) < 4.78 is 27.3. The SMILES string of the molecule is N#Cc1ccc(OC2CCC(NC(=O)c3ccc(N4CCC(CN5CCN(c6cc7c(cc6F)C(=O)N(C6CCC(=O)N(COC(=O)CCCCCCCCCCCCCCC(=O)O)C6=O)C7=O)CC5)CC4)nn3)CC2)cc1Cl. The maximum atomic E-state index is 15.9. The van der Waals surface area contributed by atoms with Crippen LogP contribution in [0.25, 0.3) is 0 Å². The molecule has 79 heavy (non-hydrogen) atoms. The molecule has 19 nitrogen and oxygen atoms in total. The number of amides is 5. The summed E-state index contributed by atoms with van der Waals surface area (Å²) in [6.45, 7) is 4.16. The van der Waals surface area contributed by atoms with Gasteiger partial charge in [0.15, 0.2) is 18.2 Å². The fourth-order valence-corrected chi connectivity index (χ4v) is 11.7. The number of carbonyl (C=O) groups excluding carboxylic acids is 6. The van der Waals surface area contributed by atoms with Gasteiger partial charge in [-0.25, -0.2) is 9.29 Å². The van der Waals surface area contributed by atoms with Gasteiger partial charge in [-0.15, -0.1) is 10.2 Å². The van der Waals surface area contributed by atoms with Crippen LogP contribution in [0.2, 0.25) is 5.02 Å². The minimum absolute atomic E-state index is 0.00311. The molecular formula is C58H73ClFN9O10. The zero-order valence-electron chi connectivity index (χ0n) is 45.0. The van der Waals surface area contributed by atoms with E-state index in [1.807, 2.05) is 17.0 Å². The van der Waals surface area contributed by atoms with Crippen molar-refractivity contribution in [2.75, 3.05) is 62.3 Å². The Labute approximate surface area is 466 Å². The average molecular weight is 1110 g/mol. The second-order valence-electron chi connectivity index (χ2n) is 21.6. The quantitative estimate of drug-likeness (QED) is 0.0436. The van der Waals surface area contributed by atoms with Gasteiger partial charge in [-0.3, -0.25) is 43.4 Å². The van der Waals surface area contributed by atoms with Gasteiger partial charge in [0.05, 0.1) is 33.5 Å². The number of esters is 1. The molecule has 21 heteroatoms. The number of nitrogens with one attached hydrogen (secondary N) is 1. The number of piperidine rings is 2. The minimum Gasteiger partial charge on any atom is -0.490 e. The summed E-state index contributed by atoms with van der Waals surface area (Å²) in [5.74, 6) is -3.37. The van der Waals surface area contributed by atoms with E-state index in [1.165, 1.54) is 6.07 Å². The fourth-order valence-electron chi connectivity index (χ4n) is 11.4. The van der Waals surface area contributed by atoms with Crippen molar-refractivity contribution in [1.82, 2.24) is 30.2 Å². The van der Waals surface area contributed by atoms with Gasteiger partial charge in [-0.05, 0) is 100 Å². The number of benzene rings is 2. The topological polar surface area (TPSA) is 236 Å². The van der Waals surface area contributed by atoms with Crippen molar-refractivity contribution in [3.63, 3.8) is 0 Å². The first-order chi connectivity index (χ1) is 38.3. The van der Waals surface area contributed by atoms with Crippen molar-refractivity contribution >= 4 is 64.6 Å². The molecule has 5 amide bonds. The van der Waals surface area contributed by atoms with E-state index < -0.39 is 54.2 Å². The monoisotopic (exact) mass is 1110 g/mol. The number of aromatic nitrogens is 2. The van der Waals surface area contributed by atoms with Crippen molar-refractivity contribution in [3.8, 4) is 11.8 Å². The highest BCUT2D eigenvalue weighted by Gasteiger charge is 2.48. The van der Waals surface area contributed by atoms with Crippen molar-refractivity contribution in [3.05, 3.63) is 75.7 Å². The number of anilines is 2. The summed E-state index contributed by atoms with van der Waals surface area (Å²) in [5.41, 5.74) is 0.719. The molecule has 8 rings (SSSR count). The van der Waals surface area contributed by atoms with Crippen LogP contribution >= 0.6 is 11.6 Å². The number of piperazine rings is 1. The van der Waals surface area contributed by atoms with Crippen LogP contribution in [-0.4, -0.2) is 142 Å². The number of likely N-dealkylation sites (tertiary alicyclic amines) is 1. The fraction of sp³-hybridized carbons (Fsp3) is 0.586. The van der Waals surface area contributed by atoms with E-state index in [0.717, 1.165) is 150 Å². The van der Waals surface area contributed by atoms with Crippen LogP contribution in [-0.2, 0) is 23.9 Å². The van der Waals surface area contributed by atoms with E-state index in [4.69, 9.17) is 31.4 Å². The summed E-state index contributed by atoms with van der Waals surface area (Å²) in [7, 11) is 0. The summed E-state index contributed by atoms with van der Waals surface area (Å²) in [4.78, 5) is 98.5. The molecule has 3 aromatic rings. The van der Waals surface area contributed by atoms with Crippen molar-refractivity contribution < 1.29 is 52.5 Å². The van der Waals surface area contributed by atoms with Gasteiger partial charge < -0.3 is 29.7 Å². The summed E-state index contributed by atoms with van der Waals surface area (Å²) in [6.07, 6.45) is 16.9. The van der Waals surface area contributed by atoms with E-state index in [1.54, 1.807) is 24.3 Å². The van der Waals surface area contributed by atoms with Crippen molar-refractivity contribution in [2.24, 2.45) is 5.92 Å². The number of imide groups is 2. The molecule has 5 heterocycles. The number of hydrogen-bond donors (Lipinski definition) is 2. The molecule has 1 aliphatic carbocycles. The van der Waals surface area contributed by atoms with E-state index in [9.17, 15) is 33.6 Å². The Bertz CT molecular complexity index is 2700. The second-order valence-corrected chi connectivity index (χ2v) is 22.0. The lowest BCUT2D eigenvalue weighted by Crippen LogP contribution is -2.56. The van der Waals surface area contributed by atoms with Gasteiger partial charge in [0.2, 0.25) is 5.91 Å². The standard InChI is InChI=1S/C58H73ClFN9O10/c59-46-33-43(18-15-40(46)36-61)79-42-19-16-41(17-20-42)62-55(74)48-21-23-51(64-63-48)67-27-25-39(26-28-67)37-65-29-31-66(32-30-65)50-35-45-44(34-47(50)60)56(75)69(57(45)76)49-22-24-52(70)68(58(49)77)38-78-54(73)14-12-10-8-6-4-2-1-3-5-7-9-11-13-53(71)72/h15,18,21,23,33-35,39,41-42,49H,1-14,16-17,19-20,22,24-32,37-38H2,(H,62,74)(H,71,72). The number of carboxylic acids is 1. The molecule has 1 saturated carbocycles. The first-order valence-electron chi connectivity index (χ1n) is 28.4. The minimum atomic E-state index is -1.31. The lowest BCUT2D eigenvalue weighted by molar-refractivity contribution is -0.163. The zero-order valence-corrected chi connectivity index (χ0v) is 45.8. The molecule has 0 radical (unpaired) electrons. The number of ether oxygens (including phenoxy) is 2. The second kappa shape index (κ2) is 28.4. The Morgan fingerprint density at radius 3 is 1.97 bits per heavy atom.